The van der Waals surface area contributed by atoms with Gasteiger partial charge in [0.1, 0.15) is 0 Å². The molecule has 0 amide bonds. The van der Waals surface area contributed by atoms with Crippen LogP contribution in [0.2, 0.25) is 0 Å². The molecule has 0 aromatic rings. The van der Waals surface area contributed by atoms with Crippen molar-refractivity contribution in [1.82, 2.24) is 10.2 Å². The molecule has 0 saturated carbocycles. The van der Waals surface area contributed by atoms with Crippen molar-refractivity contribution in [2.24, 2.45) is 11.8 Å². The SMILES string of the molecule is CCCNC(C)(CO)CN(CCC(C)C)CCC(C)C. The molecule has 20 heavy (non-hydrogen) atoms. The zero-order valence-corrected chi connectivity index (χ0v) is 14.7. The molecule has 0 fully saturated rings. The number of nitrogens with zero attached hydrogens (tertiary/aromatic N) is 1. The lowest BCUT2D eigenvalue weighted by molar-refractivity contribution is 0.114. The lowest BCUT2D eigenvalue weighted by Gasteiger charge is -2.36. The highest BCUT2D eigenvalue weighted by molar-refractivity contribution is 4.86. The van der Waals surface area contributed by atoms with Gasteiger partial charge in [-0.25, -0.2) is 0 Å². The largest absolute Gasteiger partial charge is 0.394 e. The molecule has 0 radical (unpaired) electrons. The first-order valence-electron chi connectivity index (χ1n) is 8.41. The van der Waals surface area contributed by atoms with Crippen LogP contribution in [0, 0.1) is 11.8 Å². The molecule has 1 atom stereocenters. The fourth-order valence-electron chi connectivity index (χ4n) is 2.23. The van der Waals surface area contributed by atoms with E-state index in [1.807, 2.05) is 0 Å². The van der Waals surface area contributed by atoms with Gasteiger partial charge in [-0.1, -0.05) is 34.6 Å². The first kappa shape index (κ1) is 19.9. The summed E-state index contributed by atoms with van der Waals surface area (Å²) in [5.74, 6) is 1.47. The molecule has 0 spiro atoms. The van der Waals surface area contributed by atoms with Crippen LogP contribution < -0.4 is 5.32 Å². The molecular weight excluding hydrogens is 248 g/mol. The highest BCUT2D eigenvalue weighted by Crippen LogP contribution is 2.12. The Hall–Kier alpha value is -0.120. The van der Waals surface area contributed by atoms with Crippen LogP contribution in [0.25, 0.3) is 0 Å². The van der Waals surface area contributed by atoms with E-state index >= 15 is 0 Å². The molecule has 3 heteroatoms. The number of aliphatic hydroxyl groups is 1. The maximum atomic E-state index is 9.73. The molecule has 0 aromatic carbocycles. The summed E-state index contributed by atoms with van der Waals surface area (Å²) in [7, 11) is 0. The molecule has 0 heterocycles. The van der Waals surface area contributed by atoms with Crippen LogP contribution in [-0.4, -0.2) is 48.3 Å². The maximum Gasteiger partial charge on any atom is 0.0623 e. The summed E-state index contributed by atoms with van der Waals surface area (Å²) in [5, 5.41) is 13.2. The van der Waals surface area contributed by atoms with E-state index in [1.165, 1.54) is 12.8 Å². The minimum absolute atomic E-state index is 0.177. The average molecular weight is 287 g/mol. The monoisotopic (exact) mass is 286 g/mol. The Balaban J connectivity index is 4.47. The Morgan fingerprint density at radius 2 is 1.55 bits per heavy atom. The number of aliphatic hydroxyl groups excluding tert-OH is 1. The predicted molar refractivity (Wildman–Crippen MR) is 89.1 cm³/mol. The van der Waals surface area contributed by atoms with E-state index in [2.05, 4.69) is 51.8 Å². The molecule has 1 unspecified atom stereocenters. The molecule has 0 bridgehead atoms. The topological polar surface area (TPSA) is 35.5 Å². The van der Waals surface area contributed by atoms with Gasteiger partial charge in [-0.3, -0.25) is 0 Å². The third kappa shape index (κ3) is 9.73. The molecule has 122 valence electrons. The molecule has 3 nitrogen and oxygen atoms in total. The number of hydrogen-bond acceptors (Lipinski definition) is 3. The Bertz CT molecular complexity index is 219. The normalized spacial score (nSPS) is 15.3. The van der Waals surface area contributed by atoms with Crippen molar-refractivity contribution in [2.75, 3.05) is 32.8 Å². The minimum atomic E-state index is -0.177. The fourth-order valence-corrected chi connectivity index (χ4v) is 2.23. The van der Waals surface area contributed by atoms with E-state index < -0.39 is 0 Å². The Morgan fingerprint density at radius 3 is 1.90 bits per heavy atom. The Morgan fingerprint density at radius 1 is 1.05 bits per heavy atom. The van der Waals surface area contributed by atoms with Gasteiger partial charge in [-0.15, -0.1) is 0 Å². The van der Waals surface area contributed by atoms with Gasteiger partial charge in [0.2, 0.25) is 0 Å². The lowest BCUT2D eigenvalue weighted by atomic mass is 10.0. The highest BCUT2D eigenvalue weighted by atomic mass is 16.3. The van der Waals surface area contributed by atoms with Crippen LogP contribution in [0.3, 0.4) is 0 Å². The van der Waals surface area contributed by atoms with Gasteiger partial charge in [0, 0.05) is 6.54 Å². The van der Waals surface area contributed by atoms with E-state index in [9.17, 15) is 5.11 Å². The van der Waals surface area contributed by atoms with Gasteiger partial charge in [-0.2, -0.15) is 0 Å². The molecular formula is C17H38N2O. The molecule has 0 saturated heterocycles. The summed E-state index contributed by atoms with van der Waals surface area (Å²) < 4.78 is 0. The molecule has 0 rings (SSSR count). The van der Waals surface area contributed by atoms with Crippen LogP contribution in [0.15, 0.2) is 0 Å². The van der Waals surface area contributed by atoms with Crippen LogP contribution in [-0.2, 0) is 0 Å². The van der Waals surface area contributed by atoms with E-state index in [-0.39, 0.29) is 12.1 Å². The van der Waals surface area contributed by atoms with Crippen molar-refractivity contribution in [1.29, 1.82) is 0 Å². The molecule has 0 aliphatic heterocycles. The van der Waals surface area contributed by atoms with Crippen LogP contribution >= 0.6 is 0 Å². The van der Waals surface area contributed by atoms with Crippen molar-refractivity contribution in [3.05, 3.63) is 0 Å². The highest BCUT2D eigenvalue weighted by Gasteiger charge is 2.25. The maximum absolute atomic E-state index is 9.73. The van der Waals surface area contributed by atoms with Crippen molar-refractivity contribution >= 4 is 0 Å². The van der Waals surface area contributed by atoms with Gasteiger partial charge in [0.15, 0.2) is 0 Å². The quantitative estimate of drug-likeness (QED) is 0.578. The lowest BCUT2D eigenvalue weighted by Crippen LogP contribution is -2.54. The van der Waals surface area contributed by atoms with Crippen LogP contribution in [0.1, 0.15) is 60.8 Å². The Labute approximate surface area is 127 Å². The standard InChI is InChI=1S/C17H38N2O/c1-7-10-18-17(6,14-20)13-19(11-8-15(2)3)12-9-16(4)5/h15-16,18,20H,7-14H2,1-6H3. The van der Waals surface area contributed by atoms with Crippen molar-refractivity contribution < 1.29 is 5.11 Å². The van der Waals surface area contributed by atoms with Gasteiger partial charge in [0.05, 0.1) is 12.1 Å². The van der Waals surface area contributed by atoms with Crippen molar-refractivity contribution in [2.45, 2.75) is 66.3 Å². The van der Waals surface area contributed by atoms with Gasteiger partial charge < -0.3 is 15.3 Å². The summed E-state index contributed by atoms with van der Waals surface area (Å²) in [5.41, 5.74) is -0.177. The summed E-state index contributed by atoms with van der Waals surface area (Å²) in [6, 6.07) is 0. The van der Waals surface area contributed by atoms with E-state index in [4.69, 9.17) is 0 Å². The summed E-state index contributed by atoms with van der Waals surface area (Å²) in [6.07, 6.45) is 3.56. The van der Waals surface area contributed by atoms with E-state index in [1.54, 1.807) is 0 Å². The second kappa shape index (κ2) is 10.6. The van der Waals surface area contributed by atoms with Gasteiger partial charge in [0.25, 0.3) is 0 Å². The van der Waals surface area contributed by atoms with E-state index in [0.29, 0.717) is 0 Å². The zero-order chi connectivity index (χ0) is 15.6. The molecule has 0 aliphatic rings. The van der Waals surface area contributed by atoms with Crippen molar-refractivity contribution in [3.8, 4) is 0 Å². The Kier molecular flexibility index (Phi) is 10.5. The second-order valence-corrected chi connectivity index (χ2v) is 7.29. The van der Waals surface area contributed by atoms with Crippen molar-refractivity contribution in [3.63, 3.8) is 0 Å². The number of hydrogen-bond donors (Lipinski definition) is 2. The minimum Gasteiger partial charge on any atom is -0.394 e. The summed E-state index contributed by atoms with van der Waals surface area (Å²) in [4.78, 5) is 2.53. The first-order chi connectivity index (χ1) is 9.33. The molecule has 0 aliphatic carbocycles. The third-order valence-corrected chi connectivity index (χ3v) is 3.77. The predicted octanol–water partition coefficient (Wildman–Crippen LogP) is 3.13. The van der Waals surface area contributed by atoms with Gasteiger partial charge in [-0.05, 0) is 57.7 Å². The third-order valence-electron chi connectivity index (χ3n) is 3.77. The average Bonchev–Trinajstić information content (AvgIpc) is 2.39. The zero-order valence-electron chi connectivity index (χ0n) is 14.7. The summed E-state index contributed by atoms with van der Waals surface area (Å²) >= 11 is 0. The first-order valence-corrected chi connectivity index (χ1v) is 8.41. The molecule has 2 N–H and O–H groups in total. The number of nitrogens with one attached hydrogen (secondary N) is 1. The smallest absolute Gasteiger partial charge is 0.0623 e. The van der Waals surface area contributed by atoms with E-state index in [0.717, 1.165) is 44.4 Å². The van der Waals surface area contributed by atoms with Crippen LogP contribution in [0.5, 0.6) is 0 Å². The number of rotatable bonds is 12. The fraction of sp³-hybridized carbons (Fsp3) is 1.00. The van der Waals surface area contributed by atoms with Gasteiger partial charge >= 0.3 is 0 Å². The van der Waals surface area contributed by atoms with Crippen LogP contribution in [0.4, 0.5) is 0 Å². The summed E-state index contributed by atoms with van der Waals surface area (Å²) in [6.45, 7) is 17.8. The second-order valence-electron chi connectivity index (χ2n) is 7.29. The molecule has 0 aromatic heterocycles.